The van der Waals surface area contributed by atoms with Gasteiger partial charge in [0.25, 0.3) is 0 Å². The van der Waals surface area contributed by atoms with Gasteiger partial charge in [0.05, 0.1) is 0 Å². The smallest absolute Gasteiger partial charge is 0.309 e. The minimum Gasteiger partial charge on any atom is -0.412 e. The van der Waals surface area contributed by atoms with Crippen LogP contribution in [0.1, 0.15) is 23.2 Å². The fourth-order valence-electron chi connectivity index (χ4n) is 2.36. The lowest BCUT2D eigenvalue weighted by molar-refractivity contribution is 0.0905. The maximum absolute atomic E-state index is 12.2. The number of carbonyl (C=O) groups is 1. The second-order valence-electron chi connectivity index (χ2n) is 5.49. The Kier molecular flexibility index (Phi) is 4.91. The number of rotatable bonds is 5. The first-order valence-corrected chi connectivity index (χ1v) is 7.94. The highest BCUT2D eigenvalue weighted by Crippen LogP contribution is 2.21. The molecule has 0 fully saturated rings. The lowest BCUT2D eigenvalue weighted by atomic mass is 10.1. The first-order valence-electron chi connectivity index (χ1n) is 7.56. The van der Waals surface area contributed by atoms with E-state index in [4.69, 9.17) is 16.0 Å². The van der Waals surface area contributed by atoms with Gasteiger partial charge in [-0.15, -0.1) is 10.2 Å². The Balaban J connectivity index is 1.65. The number of hydrogen-bond acceptors (Lipinski definition) is 4. The van der Waals surface area contributed by atoms with Crippen LogP contribution in [0.15, 0.2) is 59.0 Å². The topological polar surface area (TPSA) is 68.0 Å². The first kappa shape index (κ1) is 16.2. The van der Waals surface area contributed by atoms with Crippen LogP contribution >= 0.6 is 11.6 Å². The van der Waals surface area contributed by atoms with Crippen LogP contribution in [0.2, 0.25) is 5.02 Å². The largest absolute Gasteiger partial charge is 0.412 e. The average molecular weight is 342 g/mol. The van der Waals surface area contributed by atoms with Gasteiger partial charge in [0.2, 0.25) is 5.89 Å². The molecule has 0 aliphatic heterocycles. The Hall–Kier alpha value is -2.66. The van der Waals surface area contributed by atoms with Gasteiger partial charge in [0.1, 0.15) is 0 Å². The summed E-state index contributed by atoms with van der Waals surface area (Å²) < 4.78 is 5.44. The number of amides is 1. The Labute approximate surface area is 144 Å². The fraction of sp³-hybridized carbons (Fsp3) is 0.167. The number of hydrogen-bond donors (Lipinski definition) is 1. The number of benzene rings is 2. The standard InChI is InChI=1S/C18H16ClN3O2/c1-12(10-13-6-3-2-4-7-13)20-16(23)18-22-21-17(24-18)14-8-5-9-15(19)11-14/h2-9,11-12H,10H2,1H3,(H,20,23). The number of nitrogens with one attached hydrogen (secondary N) is 1. The van der Waals surface area contributed by atoms with Gasteiger partial charge in [-0.25, -0.2) is 0 Å². The van der Waals surface area contributed by atoms with Gasteiger partial charge in [0, 0.05) is 16.6 Å². The monoisotopic (exact) mass is 341 g/mol. The van der Waals surface area contributed by atoms with E-state index in [1.807, 2.05) is 37.3 Å². The molecule has 6 heteroatoms. The van der Waals surface area contributed by atoms with E-state index in [1.165, 1.54) is 0 Å². The summed E-state index contributed by atoms with van der Waals surface area (Å²) in [7, 11) is 0. The van der Waals surface area contributed by atoms with Gasteiger partial charge in [-0.1, -0.05) is 48.0 Å². The Morgan fingerprint density at radius 3 is 2.71 bits per heavy atom. The van der Waals surface area contributed by atoms with Gasteiger partial charge in [-0.05, 0) is 37.1 Å². The van der Waals surface area contributed by atoms with Gasteiger partial charge in [0.15, 0.2) is 0 Å². The minimum absolute atomic E-state index is 0.0542. The van der Waals surface area contributed by atoms with E-state index in [-0.39, 0.29) is 23.7 Å². The van der Waals surface area contributed by atoms with Crippen LogP contribution in [0.4, 0.5) is 0 Å². The lowest BCUT2D eigenvalue weighted by Crippen LogP contribution is -2.34. The summed E-state index contributed by atoms with van der Waals surface area (Å²) in [4.78, 5) is 12.2. The lowest BCUT2D eigenvalue weighted by Gasteiger charge is -2.12. The van der Waals surface area contributed by atoms with Crippen molar-refractivity contribution in [3.05, 3.63) is 71.1 Å². The fourth-order valence-corrected chi connectivity index (χ4v) is 2.55. The van der Waals surface area contributed by atoms with Gasteiger partial charge >= 0.3 is 11.8 Å². The van der Waals surface area contributed by atoms with Crippen LogP contribution in [0.3, 0.4) is 0 Å². The van der Waals surface area contributed by atoms with Crippen molar-refractivity contribution in [3.63, 3.8) is 0 Å². The molecule has 0 spiro atoms. The third-order valence-electron chi connectivity index (χ3n) is 3.45. The van der Waals surface area contributed by atoms with Crippen molar-refractivity contribution < 1.29 is 9.21 Å². The van der Waals surface area contributed by atoms with Crippen LogP contribution in [-0.4, -0.2) is 22.1 Å². The maximum atomic E-state index is 12.2. The normalized spacial score (nSPS) is 11.9. The quantitative estimate of drug-likeness (QED) is 0.767. The van der Waals surface area contributed by atoms with Crippen molar-refractivity contribution in [2.24, 2.45) is 0 Å². The molecule has 3 rings (SSSR count). The van der Waals surface area contributed by atoms with Crippen molar-refractivity contribution >= 4 is 17.5 Å². The highest BCUT2D eigenvalue weighted by atomic mass is 35.5. The summed E-state index contributed by atoms with van der Waals surface area (Å²) in [5.74, 6) is -0.192. The molecule has 0 saturated heterocycles. The SMILES string of the molecule is CC(Cc1ccccc1)NC(=O)c1nnc(-c2cccc(Cl)c2)o1. The van der Waals surface area contributed by atoms with Gasteiger partial charge < -0.3 is 9.73 Å². The summed E-state index contributed by atoms with van der Waals surface area (Å²) in [6.45, 7) is 1.93. The van der Waals surface area contributed by atoms with Crippen LogP contribution in [-0.2, 0) is 6.42 Å². The summed E-state index contributed by atoms with van der Waals surface area (Å²) in [6, 6.07) is 16.9. The minimum atomic E-state index is -0.390. The molecule has 0 saturated carbocycles. The Morgan fingerprint density at radius 2 is 1.96 bits per heavy atom. The van der Waals surface area contributed by atoms with E-state index in [0.29, 0.717) is 10.6 Å². The molecule has 1 atom stereocenters. The molecule has 0 aliphatic rings. The molecular weight excluding hydrogens is 326 g/mol. The molecule has 1 aromatic heterocycles. The second kappa shape index (κ2) is 7.27. The number of aromatic nitrogens is 2. The molecule has 1 heterocycles. The van der Waals surface area contributed by atoms with E-state index >= 15 is 0 Å². The Morgan fingerprint density at radius 1 is 1.17 bits per heavy atom. The van der Waals surface area contributed by atoms with Crippen molar-refractivity contribution in [1.29, 1.82) is 0 Å². The summed E-state index contributed by atoms with van der Waals surface area (Å²) in [6.07, 6.45) is 0.724. The number of carbonyl (C=O) groups excluding carboxylic acids is 1. The predicted octanol–water partition coefficient (Wildman–Crippen LogP) is 3.75. The van der Waals surface area contributed by atoms with E-state index in [2.05, 4.69) is 15.5 Å². The summed E-state index contributed by atoms with van der Waals surface area (Å²) in [5.41, 5.74) is 1.82. The molecule has 1 amide bonds. The second-order valence-corrected chi connectivity index (χ2v) is 5.92. The zero-order valence-corrected chi connectivity index (χ0v) is 13.8. The zero-order chi connectivity index (χ0) is 16.9. The predicted molar refractivity (Wildman–Crippen MR) is 91.8 cm³/mol. The van der Waals surface area contributed by atoms with Crippen LogP contribution in [0, 0.1) is 0 Å². The van der Waals surface area contributed by atoms with Crippen LogP contribution in [0.25, 0.3) is 11.5 Å². The maximum Gasteiger partial charge on any atom is 0.309 e. The van der Waals surface area contributed by atoms with Crippen molar-refractivity contribution in [1.82, 2.24) is 15.5 Å². The van der Waals surface area contributed by atoms with Crippen molar-refractivity contribution in [2.45, 2.75) is 19.4 Å². The molecule has 5 nitrogen and oxygen atoms in total. The summed E-state index contributed by atoms with van der Waals surface area (Å²) >= 11 is 5.94. The highest BCUT2D eigenvalue weighted by Gasteiger charge is 2.18. The molecule has 24 heavy (non-hydrogen) atoms. The molecule has 0 bridgehead atoms. The molecule has 0 aliphatic carbocycles. The van der Waals surface area contributed by atoms with E-state index in [1.54, 1.807) is 24.3 Å². The molecule has 1 N–H and O–H groups in total. The van der Waals surface area contributed by atoms with E-state index in [0.717, 1.165) is 12.0 Å². The molecule has 122 valence electrons. The third kappa shape index (κ3) is 4.00. The van der Waals surface area contributed by atoms with Crippen molar-refractivity contribution in [2.75, 3.05) is 0 Å². The average Bonchev–Trinajstić information content (AvgIpc) is 3.06. The summed E-state index contributed by atoms with van der Waals surface area (Å²) in [5, 5.41) is 11.1. The zero-order valence-electron chi connectivity index (χ0n) is 13.1. The van der Waals surface area contributed by atoms with Gasteiger partial charge in [-0.3, -0.25) is 4.79 Å². The van der Waals surface area contributed by atoms with Gasteiger partial charge in [-0.2, -0.15) is 0 Å². The Bertz CT molecular complexity index is 833. The van der Waals surface area contributed by atoms with E-state index < -0.39 is 0 Å². The molecular formula is C18H16ClN3O2. The number of nitrogens with zero attached hydrogens (tertiary/aromatic N) is 2. The molecule has 3 aromatic rings. The first-order chi connectivity index (χ1) is 11.6. The van der Waals surface area contributed by atoms with E-state index in [9.17, 15) is 4.79 Å². The van der Waals surface area contributed by atoms with Crippen LogP contribution in [0.5, 0.6) is 0 Å². The number of halogens is 1. The van der Waals surface area contributed by atoms with Crippen LogP contribution < -0.4 is 5.32 Å². The van der Waals surface area contributed by atoms with Crippen molar-refractivity contribution in [3.8, 4) is 11.5 Å². The third-order valence-corrected chi connectivity index (χ3v) is 3.69. The highest BCUT2D eigenvalue weighted by molar-refractivity contribution is 6.30. The molecule has 2 aromatic carbocycles. The molecule has 0 radical (unpaired) electrons. The molecule has 1 unspecified atom stereocenters.